The summed E-state index contributed by atoms with van der Waals surface area (Å²) >= 11 is 0. The highest BCUT2D eigenvalue weighted by atomic mass is 16.5. The van der Waals surface area contributed by atoms with E-state index in [9.17, 15) is 9.59 Å². The largest absolute Gasteiger partial charge is 0.382 e. The second-order valence-corrected chi connectivity index (χ2v) is 8.60. The molecular formula is C27H33N3O3. The summed E-state index contributed by atoms with van der Waals surface area (Å²) in [5, 5.41) is 0. The molecule has 0 aliphatic carbocycles. The molecule has 0 saturated carbocycles. The minimum Gasteiger partial charge on any atom is -0.382 e. The topological polar surface area (TPSA) is 53.1 Å². The Morgan fingerprint density at radius 1 is 0.848 bits per heavy atom. The molecule has 2 heterocycles. The van der Waals surface area contributed by atoms with Crippen molar-refractivity contribution in [3.63, 3.8) is 0 Å². The molecule has 0 radical (unpaired) electrons. The molecule has 1 saturated heterocycles. The Kier molecular flexibility index (Phi) is 7.14. The van der Waals surface area contributed by atoms with E-state index in [2.05, 4.69) is 41.8 Å². The summed E-state index contributed by atoms with van der Waals surface area (Å²) in [5.74, 6) is -0.384. The lowest BCUT2D eigenvalue weighted by atomic mass is 10.0. The number of carbonyl (C=O) groups is 2. The second-order valence-electron chi connectivity index (χ2n) is 8.60. The Balaban J connectivity index is 1.57. The lowest BCUT2D eigenvalue weighted by Crippen LogP contribution is -2.48. The molecule has 6 heteroatoms. The van der Waals surface area contributed by atoms with Crippen LogP contribution >= 0.6 is 0 Å². The number of ether oxygens (including phenoxy) is 1. The molecule has 0 atom stereocenters. The van der Waals surface area contributed by atoms with Gasteiger partial charge in [0, 0.05) is 51.6 Å². The van der Waals surface area contributed by atoms with Crippen molar-refractivity contribution in [1.29, 1.82) is 0 Å². The van der Waals surface area contributed by atoms with Crippen LogP contribution in [0.4, 0.5) is 5.69 Å². The summed E-state index contributed by atoms with van der Waals surface area (Å²) in [4.78, 5) is 32.7. The fraction of sp³-hybridized carbons (Fsp3) is 0.407. The zero-order chi connectivity index (χ0) is 23.4. The van der Waals surface area contributed by atoms with Crippen molar-refractivity contribution in [2.45, 2.75) is 27.2 Å². The smallest absolute Gasteiger partial charge is 0.277 e. The van der Waals surface area contributed by atoms with E-state index in [4.69, 9.17) is 4.74 Å². The van der Waals surface area contributed by atoms with Crippen LogP contribution in [0.2, 0.25) is 0 Å². The van der Waals surface area contributed by atoms with Gasteiger partial charge < -0.3 is 14.5 Å². The molecule has 2 aromatic carbocycles. The van der Waals surface area contributed by atoms with Gasteiger partial charge in [0.2, 0.25) is 0 Å². The van der Waals surface area contributed by atoms with Crippen LogP contribution in [0.3, 0.4) is 0 Å². The molecule has 2 aromatic rings. The number of nitrogens with zero attached hydrogens (tertiary/aromatic N) is 3. The molecule has 0 N–H and O–H groups in total. The first kappa shape index (κ1) is 23.1. The third kappa shape index (κ3) is 4.67. The Labute approximate surface area is 196 Å². The summed E-state index contributed by atoms with van der Waals surface area (Å²) in [6.07, 6.45) is 0.640. The molecule has 6 nitrogen and oxygen atoms in total. The first-order valence-electron chi connectivity index (χ1n) is 11.8. The lowest BCUT2D eigenvalue weighted by Gasteiger charge is -2.38. The highest BCUT2D eigenvalue weighted by Gasteiger charge is 2.41. The van der Waals surface area contributed by atoms with Crippen LogP contribution in [0.1, 0.15) is 30.0 Å². The van der Waals surface area contributed by atoms with Crippen LogP contribution in [-0.2, 0) is 14.3 Å². The van der Waals surface area contributed by atoms with Gasteiger partial charge in [-0.3, -0.25) is 14.5 Å². The van der Waals surface area contributed by atoms with Gasteiger partial charge in [-0.2, -0.15) is 0 Å². The number of aryl methyl sites for hydroxylation is 1. The van der Waals surface area contributed by atoms with Gasteiger partial charge in [0.15, 0.2) is 0 Å². The van der Waals surface area contributed by atoms with E-state index in [0.717, 1.165) is 18.7 Å². The predicted molar refractivity (Wildman–Crippen MR) is 131 cm³/mol. The number of hydrogen-bond donors (Lipinski definition) is 0. The number of carbonyl (C=O) groups excluding carboxylic acids is 2. The average molecular weight is 448 g/mol. The number of anilines is 1. The molecule has 4 rings (SSSR count). The molecule has 0 aromatic heterocycles. The summed E-state index contributed by atoms with van der Waals surface area (Å²) in [6.45, 7) is 10.8. The Morgan fingerprint density at radius 2 is 1.55 bits per heavy atom. The molecule has 174 valence electrons. The van der Waals surface area contributed by atoms with Crippen LogP contribution in [0, 0.1) is 13.8 Å². The van der Waals surface area contributed by atoms with Gasteiger partial charge in [-0.15, -0.1) is 0 Å². The van der Waals surface area contributed by atoms with E-state index in [1.165, 1.54) is 21.7 Å². The Morgan fingerprint density at radius 3 is 2.24 bits per heavy atom. The Hall–Kier alpha value is -3.12. The highest BCUT2D eigenvalue weighted by molar-refractivity contribution is 6.35. The first-order chi connectivity index (χ1) is 16.0. The zero-order valence-corrected chi connectivity index (χ0v) is 19.8. The molecule has 1 fully saturated rings. The molecule has 0 bridgehead atoms. The molecule has 2 aliphatic rings. The van der Waals surface area contributed by atoms with Crippen molar-refractivity contribution in [3.05, 3.63) is 70.9 Å². The third-order valence-electron chi connectivity index (χ3n) is 6.59. The number of imide groups is 1. The maximum atomic E-state index is 13.5. The van der Waals surface area contributed by atoms with E-state index in [0.29, 0.717) is 50.5 Å². The van der Waals surface area contributed by atoms with Gasteiger partial charge in [-0.1, -0.05) is 42.5 Å². The van der Waals surface area contributed by atoms with Crippen LogP contribution in [0.15, 0.2) is 54.2 Å². The van der Waals surface area contributed by atoms with E-state index in [-0.39, 0.29) is 11.8 Å². The van der Waals surface area contributed by atoms with Gasteiger partial charge in [0.1, 0.15) is 5.70 Å². The standard InChI is InChI=1S/C27H33N3O3/c1-4-33-19-9-14-30-26(31)24(22-11-6-5-7-12-22)25(27(30)32)29-17-15-28(16-18-29)23-13-8-10-20(2)21(23)3/h5-8,10-13H,4,9,14-19H2,1-3H3. The number of benzene rings is 2. The van der Waals surface area contributed by atoms with E-state index in [1.54, 1.807) is 0 Å². The minimum absolute atomic E-state index is 0.185. The van der Waals surface area contributed by atoms with Crippen molar-refractivity contribution in [1.82, 2.24) is 9.80 Å². The molecule has 0 unspecified atom stereocenters. The molecule has 2 aliphatic heterocycles. The van der Waals surface area contributed by atoms with E-state index < -0.39 is 0 Å². The Bertz CT molecular complexity index is 1040. The number of amides is 2. The predicted octanol–water partition coefficient (Wildman–Crippen LogP) is 3.63. The zero-order valence-electron chi connectivity index (χ0n) is 19.8. The van der Waals surface area contributed by atoms with Crippen molar-refractivity contribution in [2.75, 3.05) is 50.8 Å². The molecule has 0 spiro atoms. The van der Waals surface area contributed by atoms with E-state index in [1.807, 2.05) is 37.3 Å². The first-order valence-corrected chi connectivity index (χ1v) is 11.8. The second kappa shape index (κ2) is 10.2. The molecule has 2 amide bonds. The molecular weight excluding hydrogens is 414 g/mol. The number of rotatable bonds is 8. The maximum Gasteiger partial charge on any atom is 0.277 e. The number of hydrogen-bond acceptors (Lipinski definition) is 5. The number of piperazine rings is 1. The highest BCUT2D eigenvalue weighted by Crippen LogP contribution is 2.33. The van der Waals surface area contributed by atoms with Gasteiger partial charge in [0.05, 0.1) is 5.57 Å². The fourth-order valence-electron chi connectivity index (χ4n) is 4.64. The third-order valence-corrected chi connectivity index (χ3v) is 6.59. The maximum absolute atomic E-state index is 13.5. The minimum atomic E-state index is -0.199. The van der Waals surface area contributed by atoms with Crippen molar-refractivity contribution >= 4 is 23.1 Å². The lowest BCUT2D eigenvalue weighted by molar-refractivity contribution is -0.137. The monoisotopic (exact) mass is 447 g/mol. The average Bonchev–Trinajstić information content (AvgIpc) is 3.09. The van der Waals surface area contributed by atoms with Crippen molar-refractivity contribution < 1.29 is 14.3 Å². The summed E-state index contributed by atoms with van der Waals surface area (Å²) < 4.78 is 5.41. The van der Waals surface area contributed by atoms with Crippen LogP contribution < -0.4 is 4.90 Å². The van der Waals surface area contributed by atoms with Crippen LogP contribution in [0.5, 0.6) is 0 Å². The van der Waals surface area contributed by atoms with Crippen LogP contribution in [-0.4, -0.2) is 67.6 Å². The van der Waals surface area contributed by atoms with E-state index >= 15 is 0 Å². The van der Waals surface area contributed by atoms with Gasteiger partial charge in [0.25, 0.3) is 11.8 Å². The summed E-state index contributed by atoms with van der Waals surface area (Å²) in [5.41, 5.74) is 5.69. The van der Waals surface area contributed by atoms with Gasteiger partial charge in [-0.05, 0) is 49.9 Å². The SMILES string of the molecule is CCOCCCN1C(=O)C(c2ccccc2)=C(N2CCN(c3cccc(C)c3C)CC2)C1=O. The summed E-state index contributed by atoms with van der Waals surface area (Å²) in [7, 11) is 0. The van der Waals surface area contributed by atoms with Crippen LogP contribution in [0.25, 0.3) is 5.57 Å². The fourth-order valence-corrected chi connectivity index (χ4v) is 4.64. The summed E-state index contributed by atoms with van der Waals surface area (Å²) in [6, 6.07) is 16.0. The van der Waals surface area contributed by atoms with Crippen molar-refractivity contribution in [3.8, 4) is 0 Å². The normalized spacial score (nSPS) is 16.9. The quantitative estimate of drug-likeness (QED) is 0.457. The van der Waals surface area contributed by atoms with Crippen molar-refractivity contribution in [2.24, 2.45) is 0 Å². The molecule has 33 heavy (non-hydrogen) atoms. The van der Waals surface area contributed by atoms with Gasteiger partial charge in [-0.25, -0.2) is 0 Å². The van der Waals surface area contributed by atoms with Gasteiger partial charge >= 0.3 is 0 Å².